The molecule has 2 unspecified atom stereocenters. The Labute approximate surface area is 104 Å². The maximum absolute atomic E-state index is 10.8. The Morgan fingerprint density at radius 2 is 1.88 bits per heavy atom. The Morgan fingerprint density at radius 3 is 2.53 bits per heavy atom. The van der Waals surface area contributed by atoms with Crippen LogP contribution in [0.2, 0.25) is 0 Å². The highest BCUT2D eigenvalue weighted by atomic mass is 32.2. The van der Waals surface area contributed by atoms with Gasteiger partial charge in [0.2, 0.25) is 10.0 Å². The molecule has 2 rings (SSSR count). The molecule has 3 N–H and O–H groups in total. The summed E-state index contributed by atoms with van der Waals surface area (Å²) in [5.41, 5.74) is 0. The minimum Gasteiger partial charge on any atom is -0.314 e. The van der Waals surface area contributed by atoms with Crippen LogP contribution < -0.4 is 10.5 Å². The molecule has 0 bridgehead atoms. The first-order chi connectivity index (χ1) is 8.04. The Bertz CT molecular complexity index is 338. The Balaban J connectivity index is 1.61. The van der Waals surface area contributed by atoms with Gasteiger partial charge in [-0.1, -0.05) is 12.8 Å². The zero-order chi connectivity index (χ0) is 12.3. The van der Waals surface area contributed by atoms with Crippen LogP contribution in [-0.4, -0.2) is 26.8 Å². The lowest BCUT2D eigenvalue weighted by Gasteiger charge is -2.30. The second-order valence-corrected chi connectivity index (χ2v) is 7.37. The topological polar surface area (TPSA) is 72.2 Å². The number of hydrogen-bond donors (Lipinski definition) is 2. The maximum atomic E-state index is 10.8. The zero-order valence-electron chi connectivity index (χ0n) is 10.4. The van der Waals surface area contributed by atoms with E-state index >= 15 is 0 Å². The summed E-state index contributed by atoms with van der Waals surface area (Å²) in [6.07, 6.45) is 8.77. The molecule has 0 aromatic rings. The second-order valence-electron chi connectivity index (χ2n) is 5.64. The molecular formula is C12H24N2O2S. The molecule has 2 saturated carbocycles. The third-order valence-electron chi connectivity index (χ3n) is 4.04. The van der Waals surface area contributed by atoms with Crippen LogP contribution in [0.15, 0.2) is 0 Å². The highest BCUT2D eigenvalue weighted by Gasteiger charge is 2.34. The number of primary sulfonamides is 1. The minimum atomic E-state index is -3.28. The van der Waals surface area contributed by atoms with Gasteiger partial charge < -0.3 is 5.32 Å². The smallest absolute Gasteiger partial charge is 0.209 e. The number of hydrogen-bond acceptors (Lipinski definition) is 3. The fraction of sp³-hybridized carbons (Fsp3) is 1.00. The van der Waals surface area contributed by atoms with Crippen molar-refractivity contribution < 1.29 is 8.42 Å². The largest absolute Gasteiger partial charge is 0.314 e. The van der Waals surface area contributed by atoms with Crippen molar-refractivity contribution in [3.63, 3.8) is 0 Å². The van der Waals surface area contributed by atoms with Crippen LogP contribution in [0.25, 0.3) is 0 Å². The summed E-state index contributed by atoms with van der Waals surface area (Å²) < 4.78 is 21.6. The van der Waals surface area contributed by atoms with Crippen molar-refractivity contribution in [2.24, 2.45) is 17.0 Å². The molecule has 2 fully saturated rings. The van der Waals surface area contributed by atoms with Crippen LogP contribution in [0.4, 0.5) is 0 Å². The standard InChI is InChI=1S/C12H24N2O2S/c13-17(15,16)8-2-7-14-12-4-1-3-11(9-12)10-5-6-10/h10-12,14H,1-9H2,(H2,13,15,16). The Hall–Kier alpha value is -0.130. The molecule has 0 spiro atoms. The first-order valence-electron chi connectivity index (χ1n) is 6.78. The second kappa shape index (κ2) is 5.67. The molecule has 0 radical (unpaired) electrons. The minimum absolute atomic E-state index is 0.0960. The lowest BCUT2D eigenvalue weighted by atomic mass is 9.83. The number of nitrogens with one attached hydrogen (secondary N) is 1. The predicted molar refractivity (Wildman–Crippen MR) is 69.1 cm³/mol. The molecule has 0 aromatic carbocycles. The Kier molecular flexibility index (Phi) is 4.44. The SMILES string of the molecule is NS(=O)(=O)CCCNC1CCCC(C2CC2)C1. The van der Waals surface area contributed by atoms with E-state index in [1.807, 2.05) is 0 Å². The number of rotatable bonds is 6. The normalized spacial score (nSPS) is 30.4. The first-order valence-corrected chi connectivity index (χ1v) is 8.50. The van der Waals surface area contributed by atoms with Crippen LogP contribution in [0.1, 0.15) is 44.9 Å². The molecular weight excluding hydrogens is 236 g/mol. The fourth-order valence-electron chi connectivity index (χ4n) is 2.99. The summed E-state index contributed by atoms with van der Waals surface area (Å²) in [7, 11) is -3.28. The van der Waals surface area contributed by atoms with E-state index < -0.39 is 10.0 Å². The van der Waals surface area contributed by atoms with Crippen molar-refractivity contribution in [2.75, 3.05) is 12.3 Å². The molecule has 2 aliphatic rings. The highest BCUT2D eigenvalue weighted by Crippen LogP contribution is 2.43. The number of nitrogens with two attached hydrogens (primary N) is 1. The van der Waals surface area contributed by atoms with E-state index in [0.29, 0.717) is 12.5 Å². The average Bonchev–Trinajstić information content (AvgIpc) is 3.07. The molecule has 0 amide bonds. The molecule has 0 saturated heterocycles. The van der Waals surface area contributed by atoms with Gasteiger partial charge in [-0.05, 0) is 50.5 Å². The maximum Gasteiger partial charge on any atom is 0.209 e. The summed E-state index contributed by atoms with van der Waals surface area (Å²) in [5.74, 6) is 2.03. The monoisotopic (exact) mass is 260 g/mol. The average molecular weight is 260 g/mol. The third-order valence-corrected chi connectivity index (χ3v) is 4.90. The third kappa shape index (κ3) is 4.94. The van der Waals surface area contributed by atoms with Crippen LogP contribution in [0.5, 0.6) is 0 Å². The summed E-state index contributed by atoms with van der Waals surface area (Å²) in [5, 5.41) is 8.46. The van der Waals surface area contributed by atoms with E-state index in [2.05, 4.69) is 5.32 Å². The predicted octanol–water partition coefficient (Wildman–Crippen LogP) is 1.22. The summed E-state index contributed by atoms with van der Waals surface area (Å²) in [6, 6.07) is 0.606. The van der Waals surface area contributed by atoms with Gasteiger partial charge in [-0.3, -0.25) is 0 Å². The van der Waals surface area contributed by atoms with Crippen LogP contribution in [0, 0.1) is 11.8 Å². The zero-order valence-corrected chi connectivity index (χ0v) is 11.2. The van der Waals surface area contributed by atoms with Gasteiger partial charge in [0.15, 0.2) is 0 Å². The van der Waals surface area contributed by atoms with Crippen molar-refractivity contribution in [2.45, 2.75) is 51.0 Å². The van der Waals surface area contributed by atoms with Crippen LogP contribution in [0.3, 0.4) is 0 Å². The van der Waals surface area contributed by atoms with E-state index in [9.17, 15) is 8.42 Å². The lowest BCUT2D eigenvalue weighted by Crippen LogP contribution is -2.36. The Morgan fingerprint density at radius 1 is 1.12 bits per heavy atom. The summed E-state index contributed by atoms with van der Waals surface area (Å²) >= 11 is 0. The van der Waals surface area contributed by atoms with E-state index in [0.717, 1.165) is 18.4 Å². The van der Waals surface area contributed by atoms with Gasteiger partial charge in [-0.2, -0.15) is 0 Å². The van der Waals surface area contributed by atoms with E-state index in [-0.39, 0.29) is 5.75 Å². The van der Waals surface area contributed by atoms with E-state index in [1.54, 1.807) is 0 Å². The van der Waals surface area contributed by atoms with Gasteiger partial charge in [0, 0.05) is 6.04 Å². The van der Waals surface area contributed by atoms with Crippen molar-refractivity contribution >= 4 is 10.0 Å². The number of sulfonamides is 1. The van der Waals surface area contributed by atoms with Crippen LogP contribution in [-0.2, 0) is 10.0 Å². The molecule has 4 nitrogen and oxygen atoms in total. The highest BCUT2D eigenvalue weighted by molar-refractivity contribution is 7.89. The first kappa shape index (κ1) is 13.3. The van der Waals surface area contributed by atoms with Gasteiger partial charge in [0.1, 0.15) is 0 Å². The van der Waals surface area contributed by atoms with Gasteiger partial charge >= 0.3 is 0 Å². The van der Waals surface area contributed by atoms with Gasteiger partial charge in [-0.15, -0.1) is 0 Å². The van der Waals surface area contributed by atoms with Gasteiger partial charge in [0.25, 0.3) is 0 Å². The summed E-state index contributed by atoms with van der Waals surface area (Å²) in [4.78, 5) is 0. The molecule has 2 aliphatic carbocycles. The molecule has 0 aliphatic heterocycles. The fourth-order valence-corrected chi connectivity index (χ4v) is 3.54. The molecule has 0 heterocycles. The van der Waals surface area contributed by atoms with E-state index in [1.165, 1.54) is 38.5 Å². The van der Waals surface area contributed by atoms with Gasteiger partial charge in [-0.25, -0.2) is 13.6 Å². The molecule has 0 aromatic heterocycles. The van der Waals surface area contributed by atoms with Gasteiger partial charge in [0.05, 0.1) is 5.75 Å². The van der Waals surface area contributed by atoms with Crippen molar-refractivity contribution in [1.29, 1.82) is 0 Å². The van der Waals surface area contributed by atoms with Crippen molar-refractivity contribution in [3.05, 3.63) is 0 Å². The molecule has 17 heavy (non-hydrogen) atoms. The molecule has 100 valence electrons. The molecule has 2 atom stereocenters. The van der Waals surface area contributed by atoms with Crippen molar-refractivity contribution in [3.8, 4) is 0 Å². The summed E-state index contributed by atoms with van der Waals surface area (Å²) in [6.45, 7) is 0.776. The van der Waals surface area contributed by atoms with E-state index in [4.69, 9.17) is 5.14 Å². The van der Waals surface area contributed by atoms with Crippen molar-refractivity contribution in [1.82, 2.24) is 5.32 Å². The molecule has 5 heteroatoms. The quantitative estimate of drug-likeness (QED) is 0.705. The van der Waals surface area contributed by atoms with Crippen LogP contribution >= 0.6 is 0 Å². The lowest BCUT2D eigenvalue weighted by molar-refractivity contribution is 0.261.